The minimum Gasteiger partial charge on any atom is -0.328 e. The molecule has 0 spiro atoms. The van der Waals surface area contributed by atoms with Gasteiger partial charge in [0.25, 0.3) is 5.56 Å². The van der Waals surface area contributed by atoms with Gasteiger partial charge in [-0.3, -0.25) is 9.36 Å². The van der Waals surface area contributed by atoms with Gasteiger partial charge in [0, 0.05) is 39.4 Å². The van der Waals surface area contributed by atoms with Gasteiger partial charge in [-0.1, -0.05) is 0 Å². The van der Waals surface area contributed by atoms with Crippen molar-refractivity contribution in [3.63, 3.8) is 0 Å². The molecule has 0 aliphatic carbocycles. The van der Waals surface area contributed by atoms with Crippen LogP contribution < -0.4 is 17.0 Å². The predicted octanol–water partition coefficient (Wildman–Crippen LogP) is -1.17. The number of sulfonamides is 1. The molecule has 1 aromatic rings. The first-order valence-corrected chi connectivity index (χ1v) is 8.62. The molecule has 1 fully saturated rings. The monoisotopic (exact) mass is 330 g/mol. The lowest BCUT2D eigenvalue weighted by Crippen LogP contribution is -2.46. The van der Waals surface area contributed by atoms with E-state index in [4.69, 9.17) is 5.73 Å². The van der Waals surface area contributed by atoms with E-state index in [1.807, 2.05) is 6.92 Å². The fraction of sp³-hybridized carbons (Fsp3) is 0.692. The first-order chi connectivity index (χ1) is 10.2. The summed E-state index contributed by atoms with van der Waals surface area (Å²) in [6, 6.07) is 0.0234. The van der Waals surface area contributed by atoms with Crippen LogP contribution in [0.1, 0.15) is 19.8 Å². The van der Waals surface area contributed by atoms with Crippen LogP contribution in [0.5, 0.6) is 0 Å². The lowest BCUT2D eigenvalue weighted by molar-refractivity contribution is 0.250. The second kappa shape index (κ2) is 5.98. The summed E-state index contributed by atoms with van der Waals surface area (Å²) in [5.41, 5.74) is 4.50. The minimum absolute atomic E-state index is 0.0234. The molecule has 8 nitrogen and oxygen atoms in total. The standard InChI is InChI=1S/C13H22N4O4S/c1-9(14)10-4-6-17(7-5-10)22(20,21)11-8-15(2)13(19)16(3)12(11)18/h8-10H,4-7,14H2,1-3H3. The third-order valence-electron chi connectivity index (χ3n) is 4.27. The Balaban J connectivity index is 2.37. The van der Waals surface area contributed by atoms with Crippen LogP contribution >= 0.6 is 0 Å². The lowest BCUT2D eigenvalue weighted by atomic mass is 9.92. The smallest absolute Gasteiger partial charge is 0.328 e. The molecule has 124 valence electrons. The van der Waals surface area contributed by atoms with Gasteiger partial charge in [0.15, 0.2) is 4.90 Å². The quantitative estimate of drug-likeness (QED) is 0.751. The van der Waals surface area contributed by atoms with Crippen LogP contribution in [0, 0.1) is 5.92 Å². The average molecular weight is 330 g/mol. The van der Waals surface area contributed by atoms with Crippen LogP contribution in [-0.4, -0.2) is 41.0 Å². The van der Waals surface area contributed by atoms with Gasteiger partial charge < -0.3 is 10.3 Å². The topological polar surface area (TPSA) is 107 Å². The summed E-state index contributed by atoms with van der Waals surface area (Å²) in [5, 5.41) is 0. The molecule has 22 heavy (non-hydrogen) atoms. The molecule has 1 atom stereocenters. The highest BCUT2D eigenvalue weighted by Gasteiger charge is 2.33. The molecule has 0 saturated carbocycles. The Morgan fingerprint density at radius 1 is 1.23 bits per heavy atom. The number of nitrogens with zero attached hydrogens (tertiary/aromatic N) is 3. The first-order valence-electron chi connectivity index (χ1n) is 7.18. The van der Waals surface area contributed by atoms with E-state index >= 15 is 0 Å². The number of nitrogens with two attached hydrogens (primary N) is 1. The van der Waals surface area contributed by atoms with Crippen molar-refractivity contribution in [1.29, 1.82) is 0 Å². The van der Waals surface area contributed by atoms with E-state index in [1.54, 1.807) is 0 Å². The summed E-state index contributed by atoms with van der Waals surface area (Å²) < 4.78 is 28.5. The number of piperidine rings is 1. The van der Waals surface area contributed by atoms with Crippen LogP contribution in [0.3, 0.4) is 0 Å². The van der Waals surface area contributed by atoms with Crippen LogP contribution in [0.25, 0.3) is 0 Å². The zero-order chi connectivity index (χ0) is 16.7. The molecule has 1 aliphatic heterocycles. The highest BCUT2D eigenvalue weighted by atomic mass is 32.2. The van der Waals surface area contributed by atoms with Gasteiger partial charge >= 0.3 is 5.69 Å². The van der Waals surface area contributed by atoms with Crippen molar-refractivity contribution in [2.45, 2.75) is 30.7 Å². The largest absolute Gasteiger partial charge is 0.330 e. The van der Waals surface area contributed by atoms with Gasteiger partial charge in [-0.25, -0.2) is 13.2 Å². The van der Waals surface area contributed by atoms with Crippen molar-refractivity contribution in [3.8, 4) is 0 Å². The summed E-state index contributed by atoms with van der Waals surface area (Å²) in [4.78, 5) is 23.4. The summed E-state index contributed by atoms with van der Waals surface area (Å²) in [6.07, 6.45) is 2.43. The van der Waals surface area contributed by atoms with E-state index in [2.05, 4.69) is 0 Å². The highest BCUT2D eigenvalue weighted by Crippen LogP contribution is 2.23. The average Bonchev–Trinajstić information content (AvgIpc) is 2.48. The Kier molecular flexibility index (Phi) is 4.59. The van der Waals surface area contributed by atoms with E-state index in [9.17, 15) is 18.0 Å². The van der Waals surface area contributed by atoms with E-state index < -0.39 is 21.3 Å². The molecule has 0 amide bonds. The van der Waals surface area contributed by atoms with E-state index in [0.717, 1.165) is 15.3 Å². The first kappa shape index (κ1) is 16.9. The number of hydrogen-bond donors (Lipinski definition) is 1. The summed E-state index contributed by atoms with van der Waals surface area (Å²) in [6.45, 7) is 2.58. The minimum atomic E-state index is -3.90. The molecule has 0 aromatic carbocycles. The summed E-state index contributed by atoms with van der Waals surface area (Å²) in [7, 11) is -1.21. The van der Waals surface area contributed by atoms with Gasteiger partial charge in [0.05, 0.1) is 0 Å². The van der Waals surface area contributed by atoms with Gasteiger partial charge in [-0.2, -0.15) is 4.31 Å². The molecular weight excluding hydrogens is 308 g/mol. The van der Waals surface area contributed by atoms with Gasteiger partial charge in [0.1, 0.15) is 0 Å². The van der Waals surface area contributed by atoms with Crippen molar-refractivity contribution >= 4 is 10.0 Å². The molecule has 0 radical (unpaired) electrons. The Morgan fingerprint density at radius 2 is 1.77 bits per heavy atom. The van der Waals surface area contributed by atoms with E-state index in [-0.39, 0.29) is 16.9 Å². The van der Waals surface area contributed by atoms with Crippen molar-refractivity contribution in [3.05, 3.63) is 27.0 Å². The molecule has 9 heteroatoms. The molecule has 2 heterocycles. The second-order valence-electron chi connectivity index (χ2n) is 5.85. The van der Waals surface area contributed by atoms with Crippen molar-refractivity contribution in [1.82, 2.24) is 13.4 Å². The number of aryl methyl sites for hydroxylation is 1. The molecule has 0 bridgehead atoms. The molecule has 1 aliphatic rings. The maximum atomic E-state index is 12.7. The van der Waals surface area contributed by atoms with E-state index in [1.165, 1.54) is 18.4 Å². The maximum Gasteiger partial charge on any atom is 0.330 e. The SMILES string of the molecule is CC(N)C1CCN(S(=O)(=O)c2cn(C)c(=O)n(C)c2=O)CC1. The zero-order valence-corrected chi connectivity index (χ0v) is 13.8. The Labute approximate surface area is 129 Å². The zero-order valence-electron chi connectivity index (χ0n) is 13.0. The Bertz CT molecular complexity index is 770. The third-order valence-corrected chi connectivity index (χ3v) is 6.16. The van der Waals surface area contributed by atoms with Crippen molar-refractivity contribution in [2.75, 3.05) is 13.1 Å². The molecule has 1 saturated heterocycles. The molecule has 1 aromatic heterocycles. The number of hydrogen-bond acceptors (Lipinski definition) is 5. The van der Waals surface area contributed by atoms with Crippen LogP contribution in [0.15, 0.2) is 20.7 Å². The van der Waals surface area contributed by atoms with Crippen LogP contribution in [0.4, 0.5) is 0 Å². The normalized spacial score (nSPS) is 19.3. The molecule has 2 rings (SSSR count). The summed E-state index contributed by atoms with van der Waals surface area (Å²) >= 11 is 0. The molecule has 2 N–H and O–H groups in total. The van der Waals surface area contributed by atoms with Crippen LogP contribution in [-0.2, 0) is 24.1 Å². The fourth-order valence-electron chi connectivity index (χ4n) is 2.73. The number of aromatic nitrogens is 2. The maximum absolute atomic E-state index is 12.7. The number of rotatable bonds is 3. The van der Waals surface area contributed by atoms with Crippen molar-refractivity contribution < 1.29 is 8.42 Å². The Morgan fingerprint density at radius 3 is 2.27 bits per heavy atom. The summed E-state index contributed by atoms with van der Waals surface area (Å²) in [5.74, 6) is 0.286. The Hall–Kier alpha value is -1.45. The van der Waals surface area contributed by atoms with Crippen LogP contribution in [0.2, 0.25) is 0 Å². The van der Waals surface area contributed by atoms with E-state index in [0.29, 0.717) is 25.9 Å². The third kappa shape index (κ3) is 2.88. The predicted molar refractivity (Wildman–Crippen MR) is 82.1 cm³/mol. The van der Waals surface area contributed by atoms with Gasteiger partial charge in [-0.05, 0) is 25.7 Å². The van der Waals surface area contributed by atoms with Gasteiger partial charge in [-0.15, -0.1) is 0 Å². The lowest BCUT2D eigenvalue weighted by Gasteiger charge is -2.32. The molecule has 1 unspecified atom stereocenters. The second-order valence-corrected chi connectivity index (χ2v) is 7.76. The van der Waals surface area contributed by atoms with Gasteiger partial charge in [0.2, 0.25) is 10.0 Å². The molecular formula is C13H22N4O4S. The highest BCUT2D eigenvalue weighted by molar-refractivity contribution is 7.89. The fourth-order valence-corrected chi connectivity index (χ4v) is 4.35. The van der Waals surface area contributed by atoms with Crippen molar-refractivity contribution in [2.24, 2.45) is 25.7 Å².